The molecule has 0 aliphatic rings. The average Bonchev–Trinajstić information content (AvgIpc) is 0.821. The molecule has 0 spiro atoms. The van der Waals surface area contributed by atoms with Gasteiger partial charge in [0.1, 0.15) is 53.6 Å². The van der Waals surface area contributed by atoms with Gasteiger partial charge in [0.05, 0.1) is 78.0 Å². The molecule has 1 unspecified atom stereocenters. The van der Waals surface area contributed by atoms with E-state index >= 15 is 0 Å². The summed E-state index contributed by atoms with van der Waals surface area (Å²) in [5.74, 6) is -0.0992. The van der Waals surface area contributed by atoms with E-state index in [1.165, 1.54) is 19.5 Å². The van der Waals surface area contributed by atoms with Crippen LogP contribution in [0.3, 0.4) is 0 Å². The highest BCUT2D eigenvalue weighted by Gasteiger charge is 2.21. The van der Waals surface area contributed by atoms with Gasteiger partial charge in [0.15, 0.2) is 11.5 Å². The molecular weight excluding hydrogens is 1460 g/mol. The van der Waals surface area contributed by atoms with Crippen molar-refractivity contribution in [1.82, 2.24) is 0 Å². The van der Waals surface area contributed by atoms with Gasteiger partial charge >= 0.3 is 48.1 Å². The zero-order valence-corrected chi connectivity index (χ0v) is 63.0. The van der Waals surface area contributed by atoms with E-state index in [9.17, 15) is 43.6 Å². The van der Waals surface area contributed by atoms with Gasteiger partial charge in [-0.15, -0.1) is 0 Å². The lowest BCUT2D eigenvalue weighted by Crippen LogP contribution is -2.12. The molecular formula is C85H92N2O26. The van der Waals surface area contributed by atoms with Gasteiger partial charge in [-0.2, -0.15) is 20.0 Å². The number of benzene rings is 7. The van der Waals surface area contributed by atoms with Crippen LogP contribution in [-0.4, -0.2) is 126 Å². The topological polar surface area (TPSA) is 338 Å². The van der Waals surface area contributed by atoms with Crippen molar-refractivity contribution < 1.29 is 125 Å². The van der Waals surface area contributed by atoms with Gasteiger partial charge in [-0.25, -0.2) is 43.2 Å². The van der Waals surface area contributed by atoms with E-state index in [-0.39, 0.29) is 62.5 Å². The lowest BCUT2D eigenvalue weighted by molar-refractivity contribution is -0.270. The van der Waals surface area contributed by atoms with Gasteiger partial charge in [-0.1, -0.05) is 68.8 Å². The minimum atomic E-state index is -0.881. The van der Waals surface area contributed by atoms with Gasteiger partial charge in [0.25, 0.3) is 0 Å². The summed E-state index contributed by atoms with van der Waals surface area (Å²) in [4.78, 5) is 120. The van der Waals surface area contributed by atoms with Crippen LogP contribution in [-0.2, 0) is 80.2 Å². The van der Waals surface area contributed by atoms with Gasteiger partial charge in [-0.3, -0.25) is 5.26 Å². The Bertz CT molecular complexity index is 4220. The SMILES string of the molecule is C=CC(=O)OCCCCCCOc1ccc(COOc2ccc(/C=N/N=C/c3ccc(OC(=O)c4ccc(OCCCCCCOC(=O)C=C)cc4)cc3)cc2C(=O)OC)cc1.C=CC(=O)OCCCCOC(=O)Oc1ccc(COOc2ccc(C(OO)c3ccc(OC(=O)OCCCCOC(=O)C=C)cc3)c(C)c2)cc1. The van der Waals surface area contributed by atoms with Crippen molar-refractivity contribution in [3.63, 3.8) is 0 Å². The van der Waals surface area contributed by atoms with Crippen molar-refractivity contribution in [2.75, 3.05) is 60.0 Å². The van der Waals surface area contributed by atoms with Crippen molar-refractivity contribution >= 4 is 60.6 Å². The molecule has 0 bridgehead atoms. The quantitative estimate of drug-likeness (QED) is 0.00426. The number of nitrogens with zero attached hydrogens (tertiary/aromatic N) is 2. The van der Waals surface area contributed by atoms with Crippen molar-refractivity contribution in [1.29, 1.82) is 0 Å². The Labute approximate surface area is 654 Å². The maximum absolute atomic E-state index is 12.7. The molecule has 598 valence electrons. The monoisotopic (exact) mass is 1560 g/mol. The molecule has 0 aliphatic heterocycles. The number of methoxy groups -OCH3 is 1. The molecule has 7 aromatic carbocycles. The second-order valence-corrected chi connectivity index (χ2v) is 24.1. The molecule has 0 saturated carbocycles. The fraction of sp³-hybridized carbons (Fsp3) is 0.294. The highest BCUT2D eigenvalue weighted by atomic mass is 17.2. The first-order valence-electron chi connectivity index (χ1n) is 36.1. The van der Waals surface area contributed by atoms with E-state index in [4.69, 9.17) is 81.3 Å². The fourth-order valence-corrected chi connectivity index (χ4v) is 9.70. The Morgan fingerprint density at radius 1 is 0.398 bits per heavy atom. The maximum atomic E-state index is 12.7. The smallest absolute Gasteiger partial charge is 0.494 e. The Hall–Kier alpha value is -12.8. The summed E-state index contributed by atoms with van der Waals surface area (Å²) in [5.41, 5.74) is 5.36. The molecule has 28 heteroatoms. The summed E-state index contributed by atoms with van der Waals surface area (Å²) in [6.45, 7) is 17.9. The normalized spacial score (nSPS) is 10.9. The third kappa shape index (κ3) is 35.7. The molecule has 0 aliphatic carbocycles. The summed E-state index contributed by atoms with van der Waals surface area (Å²) in [7, 11) is 1.27. The first-order chi connectivity index (χ1) is 55.0. The molecule has 28 nitrogen and oxygen atoms in total. The third-order valence-electron chi connectivity index (χ3n) is 15.7. The number of hydrogen-bond acceptors (Lipinski definition) is 28. The minimum absolute atomic E-state index is 0.0951. The average molecular weight is 1560 g/mol. The van der Waals surface area contributed by atoms with Crippen molar-refractivity contribution in [2.24, 2.45) is 10.2 Å². The first-order valence-corrected chi connectivity index (χ1v) is 36.1. The fourth-order valence-electron chi connectivity index (χ4n) is 9.70. The number of aryl methyl sites for hydroxylation is 1. The number of ether oxygens (including phenoxy) is 12. The molecule has 7 aromatic rings. The summed E-state index contributed by atoms with van der Waals surface area (Å²) in [6.07, 6.45) is 14.0. The second kappa shape index (κ2) is 52.4. The van der Waals surface area contributed by atoms with Crippen molar-refractivity contribution in [3.8, 4) is 40.2 Å². The number of carbonyl (C=O) groups is 8. The van der Waals surface area contributed by atoms with E-state index in [1.54, 1.807) is 133 Å². The molecule has 1 N–H and O–H groups in total. The summed E-state index contributed by atoms with van der Waals surface area (Å²) in [5, 5.41) is 17.9. The molecule has 1 atom stereocenters. The largest absolute Gasteiger partial charge is 0.513 e. The standard InChI is InChI=1S/C48H52N2O12.C37H40O14/c1-4-45(51)58-30-12-8-6-10-28-56-40-21-16-37(17-22-40)35-60-62-44-27-18-38(32-43(44)48(54)55-3)34-50-49-33-36-14-23-42(24-15-36)61-47(53)39-19-25-41(26-20-39)57-29-11-7-9-13-31-59-46(52)5-2;1-4-33(38)43-20-6-8-22-45-36(40)48-29-14-10-27(11-15-29)25-47-51-31-18-19-32(26(3)24-31)35(50-42)28-12-16-30(17-13-28)49-37(41)46-23-9-7-21-44-34(39)5-2/h4-5,14-27,32-34H,1-2,6-13,28-31,35H2,3H3;4-5,10-19,24,35,42H,1-2,6-9,20-23,25H2,3H3/b49-33+,50-34+;. The molecule has 0 saturated heterocycles. The molecule has 0 amide bonds. The van der Waals surface area contributed by atoms with Crippen molar-refractivity contribution in [3.05, 3.63) is 258 Å². The van der Waals surface area contributed by atoms with E-state index in [0.29, 0.717) is 97.2 Å². The third-order valence-corrected chi connectivity index (χ3v) is 15.7. The van der Waals surface area contributed by atoms with Crippen LogP contribution in [0.2, 0.25) is 0 Å². The van der Waals surface area contributed by atoms with Gasteiger partial charge in [-0.05, 0) is 238 Å². The van der Waals surface area contributed by atoms with E-state index in [0.717, 1.165) is 98.1 Å². The molecule has 0 fully saturated rings. The number of unbranched alkanes of at least 4 members (excludes halogenated alkanes) is 8. The Kier molecular flexibility index (Phi) is 41.3. The van der Waals surface area contributed by atoms with E-state index < -0.39 is 54.2 Å². The number of carbonyl (C=O) groups excluding carboxylic acids is 8. The van der Waals surface area contributed by atoms with Crippen LogP contribution in [0.4, 0.5) is 9.59 Å². The molecule has 7 rings (SSSR count). The van der Waals surface area contributed by atoms with Gasteiger partial charge < -0.3 is 66.6 Å². The van der Waals surface area contributed by atoms with Crippen LogP contribution in [0, 0.1) is 6.92 Å². The minimum Gasteiger partial charge on any atom is -0.494 e. The first kappa shape index (κ1) is 89.1. The van der Waals surface area contributed by atoms with Crippen LogP contribution in [0.1, 0.15) is 143 Å². The van der Waals surface area contributed by atoms with Crippen LogP contribution in [0.15, 0.2) is 219 Å². The number of hydrogen-bond donors (Lipinski definition) is 1. The van der Waals surface area contributed by atoms with Crippen LogP contribution in [0.5, 0.6) is 40.2 Å². The lowest BCUT2D eigenvalue weighted by atomic mass is 9.97. The zero-order valence-electron chi connectivity index (χ0n) is 63.0. The summed E-state index contributed by atoms with van der Waals surface area (Å²) < 4.78 is 62.0. The van der Waals surface area contributed by atoms with Gasteiger partial charge in [0, 0.05) is 24.3 Å². The van der Waals surface area contributed by atoms with Crippen LogP contribution in [0.25, 0.3) is 0 Å². The zero-order chi connectivity index (χ0) is 81.1. The Balaban J connectivity index is 0.000000359. The molecule has 0 radical (unpaired) electrons. The predicted molar refractivity (Wildman–Crippen MR) is 413 cm³/mol. The number of rotatable bonds is 49. The highest BCUT2D eigenvalue weighted by Crippen LogP contribution is 2.32. The maximum Gasteiger partial charge on any atom is 0.513 e. The predicted octanol–water partition coefficient (Wildman–Crippen LogP) is 16.1. The molecule has 0 heterocycles. The van der Waals surface area contributed by atoms with Crippen LogP contribution >= 0.6 is 0 Å². The van der Waals surface area contributed by atoms with E-state index in [1.807, 2.05) is 31.2 Å². The lowest BCUT2D eigenvalue weighted by Gasteiger charge is -2.18. The van der Waals surface area contributed by atoms with E-state index in [2.05, 4.69) is 36.5 Å². The van der Waals surface area contributed by atoms with Crippen molar-refractivity contribution in [2.45, 2.75) is 103 Å². The molecule has 113 heavy (non-hydrogen) atoms. The van der Waals surface area contributed by atoms with Crippen LogP contribution < -0.4 is 33.5 Å². The highest BCUT2D eigenvalue weighted by molar-refractivity contribution is 5.95. The Morgan fingerprint density at radius 2 is 0.788 bits per heavy atom. The Morgan fingerprint density at radius 3 is 1.25 bits per heavy atom. The summed E-state index contributed by atoms with van der Waals surface area (Å²) >= 11 is 0. The molecule has 0 aromatic heterocycles. The summed E-state index contributed by atoms with van der Waals surface area (Å²) in [6, 6.07) is 43.8. The number of esters is 6. The van der Waals surface area contributed by atoms with Gasteiger partial charge in [0.2, 0.25) is 0 Å². The second-order valence-electron chi connectivity index (χ2n) is 24.1.